The molecule has 0 aliphatic heterocycles. The van der Waals surface area contributed by atoms with Crippen LogP contribution in [0, 0.1) is 0 Å². The Balaban J connectivity index is 3.91. The molecule has 1 aromatic carbocycles. The van der Waals surface area contributed by atoms with Gasteiger partial charge in [0.1, 0.15) is 23.7 Å². The monoisotopic (exact) mass is 865 g/mol. The summed E-state index contributed by atoms with van der Waals surface area (Å²) in [6.45, 7) is 23.7. The minimum Gasteiger partial charge on any atom is -0.467 e. The third-order valence-corrected chi connectivity index (χ3v) is 8.67. The van der Waals surface area contributed by atoms with Gasteiger partial charge in [-0.05, 0) is 122 Å². The third kappa shape index (κ3) is 21.0. The number of carbonyl (C=O) groups excluding carboxylic acids is 6. The summed E-state index contributed by atoms with van der Waals surface area (Å²) in [6, 6.07) is 1.89. The molecule has 0 aromatic heterocycles. The first-order valence-corrected chi connectivity index (χ1v) is 20.9. The number of amides is 5. The number of rotatable bonds is 21. The predicted octanol–water partition coefficient (Wildman–Crippen LogP) is 3.67. The number of nitrogens with two attached hydrogens (primary N) is 2. The molecule has 0 saturated carbocycles. The molecule has 5 amide bonds. The van der Waals surface area contributed by atoms with Crippen LogP contribution in [0.15, 0.2) is 30.3 Å². The zero-order chi connectivity index (χ0) is 47.1. The lowest BCUT2D eigenvalue weighted by molar-refractivity contribution is -0.161. The summed E-state index contributed by atoms with van der Waals surface area (Å²) in [5.41, 5.74) is 8.94. The Kier molecular flexibility index (Phi) is 21.5. The van der Waals surface area contributed by atoms with Crippen LogP contribution in [0.1, 0.15) is 122 Å². The van der Waals surface area contributed by atoms with Crippen LogP contribution >= 0.6 is 0 Å². The number of ether oxygens (including phenoxy) is 5. The van der Waals surface area contributed by atoms with Crippen molar-refractivity contribution < 1.29 is 52.5 Å². The maximum Gasteiger partial charge on any atom is 0.418 e. The number of hydrogen-bond acceptors (Lipinski definition) is 13. The van der Waals surface area contributed by atoms with E-state index in [1.807, 2.05) is 0 Å². The van der Waals surface area contributed by atoms with Gasteiger partial charge in [-0.15, -0.1) is 0 Å². The van der Waals surface area contributed by atoms with Gasteiger partial charge in [-0.25, -0.2) is 14.5 Å². The highest BCUT2D eigenvalue weighted by atomic mass is 16.6. The summed E-state index contributed by atoms with van der Waals surface area (Å²) in [6.07, 6.45) is -1.71. The number of carbonyl (C=O) groups is 6. The molecule has 348 valence electrons. The molecule has 17 heteroatoms. The van der Waals surface area contributed by atoms with Crippen LogP contribution in [-0.2, 0) is 54.1 Å². The summed E-state index contributed by atoms with van der Waals surface area (Å²) in [4.78, 5) is 85.3. The quantitative estimate of drug-likeness (QED) is 0.0877. The molecule has 0 fully saturated rings. The minimum absolute atomic E-state index is 0.0679. The smallest absolute Gasteiger partial charge is 0.418 e. The molecule has 1 rings (SSSR count). The van der Waals surface area contributed by atoms with E-state index in [2.05, 4.69) is 16.0 Å². The Bertz CT molecular complexity index is 1580. The molecule has 0 heterocycles. The van der Waals surface area contributed by atoms with Gasteiger partial charge in [-0.1, -0.05) is 36.8 Å². The normalized spacial score (nSPS) is 15.8. The number of methoxy groups -OCH3 is 1. The van der Waals surface area contributed by atoms with Crippen molar-refractivity contribution in [2.75, 3.05) is 20.3 Å². The first-order chi connectivity index (χ1) is 27.9. The molecule has 0 radical (unpaired) electrons. The van der Waals surface area contributed by atoms with Gasteiger partial charge in [0.2, 0.25) is 17.7 Å². The Labute approximate surface area is 363 Å². The van der Waals surface area contributed by atoms with Crippen molar-refractivity contribution in [3.63, 3.8) is 0 Å². The van der Waals surface area contributed by atoms with Crippen molar-refractivity contribution in [1.82, 2.24) is 20.9 Å². The lowest BCUT2D eigenvalue weighted by Gasteiger charge is -2.37. The van der Waals surface area contributed by atoms with Gasteiger partial charge < -0.3 is 51.1 Å². The molecule has 0 saturated heterocycles. The fraction of sp³-hybridized carbons (Fsp3) is 0.727. The van der Waals surface area contributed by atoms with E-state index in [1.54, 1.807) is 120 Å². The van der Waals surface area contributed by atoms with Gasteiger partial charge in [0.25, 0.3) is 5.91 Å². The molecule has 7 N–H and O–H groups in total. The highest BCUT2D eigenvalue weighted by Gasteiger charge is 2.45. The van der Waals surface area contributed by atoms with E-state index in [9.17, 15) is 28.8 Å². The number of hydrogen-bond donors (Lipinski definition) is 5. The van der Waals surface area contributed by atoms with Crippen LogP contribution in [0.5, 0.6) is 0 Å². The Morgan fingerprint density at radius 3 is 1.69 bits per heavy atom. The van der Waals surface area contributed by atoms with E-state index >= 15 is 0 Å². The molecular formula is C44H76N6O11. The molecule has 0 aliphatic rings. The maximum absolute atomic E-state index is 14.9. The van der Waals surface area contributed by atoms with Gasteiger partial charge in [-0.2, -0.15) is 0 Å². The molecule has 7 atom stereocenters. The summed E-state index contributed by atoms with van der Waals surface area (Å²) >= 11 is 0. The summed E-state index contributed by atoms with van der Waals surface area (Å²) < 4.78 is 28.9. The molecular weight excluding hydrogens is 789 g/mol. The van der Waals surface area contributed by atoms with Gasteiger partial charge in [0, 0.05) is 6.42 Å². The van der Waals surface area contributed by atoms with Crippen LogP contribution in [0.4, 0.5) is 4.79 Å². The lowest BCUT2D eigenvalue weighted by Crippen LogP contribution is -2.64. The van der Waals surface area contributed by atoms with Crippen molar-refractivity contribution in [3.8, 4) is 0 Å². The molecule has 0 bridgehead atoms. The van der Waals surface area contributed by atoms with Crippen molar-refractivity contribution in [1.29, 1.82) is 0 Å². The molecule has 17 nitrogen and oxygen atoms in total. The zero-order valence-corrected chi connectivity index (χ0v) is 39.3. The number of benzene rings is 1. The zero-order valence-electron chi connectivity index (χ0n) is 39.3. The van der Waals surface area contributed by atoms with Crippen molar-refractivity contribution in [3.05, 3.63) is 35.9 Å². The van der Waals surface area contributed by atoms with Gasteiger partial charge in [-0.3, -0.25) is 19.2 Å². The van der Waals surface area contributed by atoms with Gasteiger partial charge in [0.05, 0.1) is 48.8 Å². The number of nitrogens with zero attached hydrogens (tertiary/aromatic N) is 1. The fourth-order valence-corrected chi connectivity index (χ4v) is 6.05. The molecule has 1 aromatic rings. The Hall–Kier alpha value is -4.16. The number of nitrogens with one attached hydrogen (secondary N) is 3. The van der Waals surface area contributed by atoms with Gasteiger partial charge >= 0.3 is 12.1 Å². The van der Waals surface area contributed by atoms with Gasteiger partial charge in [0.15, 0.2) is 6.04 Å². The average molecular weight is 865 g/mol. The van der Waals surface area contributed by atoms with Crippen molar-refractivity contribution >= 4 is 35.7 Å². The SMILES string of the molecule is COC(=O)[C@H](COC(C)(C)C)N(C(=O)OC(C)(C)C)C(=O)[C@@H](NC(=O)[C@H](Cc1ccccc1)NC(=O)[C@@H](NC(=O)[C@@H](N)CCCCN)[C@@H](C)OC(C)(C)C)[C@@H](C)OC(C)(C)C. The second-order valence-electron chi connectivity index (χ2n) is 19.1. The van der Waals surface area contributed by atoms with E-state index in [4.69, 9.17) is 35.2 Å². The van der Waals surface area contributed by atoms with Crippen LogP contribution < -0.4 is 27.4 Å². The standard InChI is InChI=1S/C44H76N6O11/c1-27(59-42(6,7)8)33(48-35(51)30(46)23-19-20-24-45)37(53)47-31(25-29-21-17-16-18-22-29)36(52)49-34(28(2)60-43(9,10)11)38(54)50(40(56)61-44(12,13)14)32(39(55)57-15)26-58-41(3,4)5/h16-18,21-22,27-28,30-34H,19-20,23-26,45-46H2,1-15H3,(H,47,53)(H,48,51)(H,49,52)/t27-,28-,30+,31+,32+,33+,34+/m1/s1. The summed E-state index contributed by atoms with van der Waals surface area (Å²) in [5, 5.41) is 8.22. The highest BCUT2D eigenvalue weighted by Crippen LogP contribution is 2.21. The first kappa shape index (κ1) is 54.9. The van der Waals surface area contributed by atoms with E-state index in [0.717, 1.165) is 7.11 Å². The van der Waals surface area contributed by atoms with Crippen LogP contribution in [0.25, 0.3) is 0 Å². The topological polar surface area (TPSA) is 240 Å². The third-order valence-electron chi connectivity index (χ3n) is 8.67. The molecule has 0 spiro atoms. The van der Waals surface area contributed by atoms with E-state index in [-0.39, 0.29) is 6.42 Å². The van der Waals surface area contributed by atoms with E-state index in [0.29, 0.717) is 36.3 Å². The first-order valence-electron chi connectivity index (χ1n) is 20.9. The van der Waals surface area contributed by atoms with E-state index < -0.39 is 107 Å². The minimum atomic E-state index is -1.65. The summed E-state index contributed by atoms with van der Waals surface area (Å²) in [7, 11) is 1.10. The predicted molar refractivity (Wildman–Crippen MR) is 232 cm³/mol. The van der Waals surface area contributed by atoms with Crippen LogP contribution in [0.3, 0.4) is 0 Å². The Morgan fingerprint density at radius 1 is 0.689 bits per heavy atom. The lowest BCUT2D eigenvalue weighted by atomic mass is 10.0. The molecule has 61 heavy (non-hydrogen) atoms. The number of unbranched alkanes of at least 4 members (excludes halogenated alkanes) is 1. The van der Waals surface area contributed by atoms with Crippen molar-refractivity contribution in [2.45, 2.75) is 187 Å². The van der Waals surface area contributed by atoms with Crippen LogP contribution in [-0.4, -0.2) is 126 Å². The van der Waals surface area contributed by atoms with Crippen LogP contribution in [0.2, 0.25) is 0 Å². The summed E-state index contributed by atoms with van der Waals surface area (Å²) in [5.74, 6) is -4.26. The fourth-order valence-electron chi connectivity index (χ4n) is 6.05. The maximum atomic E-state index is 14.9. The largest absolute Gasteiger partial charge is 0.467 e. The second kappa shape index (κ2) is 23.9. The van der Waals surface area contributed by atoms with Crippen molar-refractivity contribution in [2.24, 2.45) is 11.5 Å². The molecule has 0 aliphatic carbocycles. The Morgan fingerprint density at radius 2 is 1.21 bits per heavy atom. The number of imide groups is 1. The average Bonchev–Trinajstić information content (AvgIpc) is 3.11. The second-order valence-corrected chi connectivity index (χ2v) is 19.1. The number of esters is 1. The van der Waals surface area contributed by atoms with E-state index in [1.165, 1.54) is 6.92 Å². The molecule has 0 unspecified atom stereocenters. The highest BCUT2D eigenvalue weighted by molar-refractivity contribution is 6.02.